The monoisotopic (exact) mass is 486 g/mol. The summed E-state index contributed by atoms with van der Waals surface area (Å²) in [5, 5.41) is 5.42. The van der Waals surface area contributed by atoms with Crippen LogP contribution in [0.5, 0.6) is 0 Å². The van der Waals surface area contributed by atoms with Gasteiger partial charge in [0.2, 0.25) is 0 Å². The Morgan fingerprint density at radius 3 is 1.37 bits per heavy atom. The number of amides is 2. The summed E-state index contributed by atoms with van der Waals surface area (Å²) in [5.74, 6) is 0. The van der Waals surface area contributed by atoms with Gasteiger partial charge in [-0.15, -0.1) is 0 Å². The fourth-order valence-electron chi connectivity index (χ4n) is 3.04. The van der Waals surface area contributed by atoms with Crippen LogP contribution in [0.4, 0.5) is 21.0 Å². The fourth-order valence-corrected chi connectivity index (χ4v) is 3.04. The number of unbranched alkanes of at least 4 members (excludes halogenated alkanes) is 2. The topological polar surface area (TPSA) is 95.1 Å². The maximum atomic E-state index is 11.9. The van der Waals surface area contributed by atoms with Crippen molar-refractivity contribution in [1.82, 2.24) is 0 Å². The van der Waals surface area contributed by atoms with Crippen molar-refractivity contribution in [2.75, 3.05) is 50.3 Å². The van der Waals surface area contributed by atoms with Crippen LogP contribution in [-0.4, -0.2) is 51.8 Å². The molecule has 2 aromatic rings. The Kier molecular flexibility index (Phi) is 14.0. The van der Waals surface area contributed by atoms with E-state index in [1.165, 1.54) is 0 Å². The van der Waals surface area contributed by atoms with Gasteiger partial charge in [0.05, 0.1) is 13.2 Å². The lowest BCUT2D eigenvalue weighted by Gasteiger charge is -2.09. The van der Waals surface area contributed by atoms with E-state index >= 15 is 0 Å². The van der Waals surface area contributed by atoms with E-state index < -0.39 is 12.2 Å². The number of carbonyl (C=O) groups is 2. The largest absolute Gasteiger partial charge is 0.447 e. The first-order chi connectivity index (χ1) is 17.1. The van der Waals surface area contributed by atoms with E-state index in [0.29, 0.717) is 37.8 Å². The third-order valence-corrected chi connectivity index (χ3v) is 5.02. The highest BCUT2D eigenvalue weighted by Crippen LogP contribution is 2.16. The van der Waals surface area contributed by atoms with Crippen LogP contribution < -0.4 is 10.6 Å². The molecule has 8 nitrogen and oxygen atoms in total. The lowest BCUT2D eigenvalue weighted by Crippen LogP contribution is -2.17. The summed E-state index contributed by atoms with van der Waals surface area (Å²) in [6.07, 6.45) is 3.88. The molecule has 0 atom stereocenters. The second kappa shape index (κ2) is 17.4. The van der Waals surface area contributed by atoms with Gasteiger partial charge in [-0.3, -0.25) is 10.6 Å². The van der Waals surface area contributed by atoms with Gasteiger partial charge in [0, 0.05) is 24.6 Å². The lowest BCUT2D eigenvalue weighted by molar-refractivity contribution is 0.0767. The van der Waals surface area contributed by atoms with E-state index in [1.807, 2.05) is 48.5 Å². The average Bonchev–Trinajstić information content (AvgIpc) is 2.86. The van der Waals surface area contributed by atoms with Gasteiger partial charge in [-0.2, -0.15) is 0 Å². The smallest absolute Gasteiger partial charge is 0.411 e. The molecule has 2 aromatic carbocycles. The first kappa shape index (κ1) is 28.1. The fraction of sp³-hybridized carbons (Fsp3) is 0.481. The molecule has 35 heavy (non-hydrogen) atoms. The second-order valence-corrected chi connectivity index (χ2v) is 8.02. The molecule has 0 aliphatic heterocycles. The van der Waals surface area contributed by atoms with E-state index in [1.54, 1.807) is 0 Å². The first-order valence-corrected chi connectivity index (χ1v) is 12.3. The van der Waals surface area contributed by atoms with Crippen molar-refractivity contribution >= 4 is 23.6 Å². The Bertz CT molecular complexity index is 783. The molecule has 2 rings (SSSR count). The molecule has 192 valence electrons. The molecule has 0 unspecified atom stereocenters. The van der Waals surface area contributed by atoms with Crippen molar-refractivity contribution in [2.24, 2.45) is 0 Å². The second-order valence-electron chi connectivity index (χ2n) is 8.02. The van der Waals surface area contributed by atoms with E-state index in [4.69, 9.17) is 18.9 Å². The lowest BCUT2D eigenvalue weighted by atomic mass is 10.0. The normalized spacial score (nSPS) is 10.6. The van der Waals surface area contributed by atoms with Crippen molar-refractivity contribution in [2.45, 2.75) is 46.0 Å². The van der Waals surface area contributed by atoms with Crippen molar-refractivity contribution in [3.8, 4) is 0 Å². The third kappa shape index (κ3) is 12.8. The molecule has 0 aliphatic carbocycles. The first-order valence-electron chi connectivity index (χ1n) is 12.3. The van der Waals surface area contributed by atoms with Gasteiger partial charge in [-0.05, 0) is 54.7 Å². The van der Waals surface area contributed by atoms with Crippen LogP contribution in [0, 0.1) is 0 Å². The highest BCUT2D eigenvalue weighted by molar-refractivity contribution is 5.85. The SMILES string of the molecule is CCCCOCCOC(=O)Nc1ccc(Cc2ccc(NC(=O)OCCOCCCC)cc2)cc1. The summed E-state index contributed by atoms with van der Waals surface area (Å²) in [6, 6.07) is 15.2. The average molecular weight is 487 g/mol. The van der Waals surface area contributed by atoms with Crippen LogP contribution >= 0.6 is 0 Å². The molecular weight excluding hydrogens is 448 g/mol. The Morgan fingerprint density at radius 2 is 1.00 bits per heavy atom. The van der Waals surface area contributed by atoms with Gasteiger partial charge in [0.1, 0.15) is 13.2 Å². The standard InChI is InChI=1S/C27H38N2O6/c1-3-5-15-32-17-19-34-26(30)28-24-11-7-22(8-12-24)21-23-9-13-25(14-10-23)29-27(31)35-20-18-33-16-6-4-2/h7-14H,3-6,15-21H2,1-2H3,(H,28,30)(H,29,31). The Labute approximate surface area is 208 Å². The molecule has 0 saturated heterocycles. The van der Waals surface area contributed by atoms with Gasteiger partial charge in [-0.1, -0.05) is 51.0 Å². The minimum absolute atomic E-state index is 0.226. The van der Waals surface area contributed by atoms with E-state index in [2.05, 4.69) is 24.5 Å². The van der Waals surface area contributed by atoms with Gasteiger partial charge < -0.3 is 18.9 Å². The molecule has 0 heterocycles. The van der Waals surface area contributed by atoms with Crippen molar-refractivity contribution in [3.05, 3.63) is 59.7 Å². The highest BCUT2D eigenvalue weighted by Gasteiger charge is 2.05. The van der Waals surface area contributed by atoms with E-state index in [-0.39, 0.29) is 13.2 Å². The van der Waals surface area contributed by atoms with Crippen molar-refractivity contribution in [1.29, 1.82) is 0 Å². The molecule has 0 saturated carbocycles. The summed E-state index contributed by atoms with van der Waals surface area (Å²) in [7, 11) is 0. The zero-order valence-electron chi connectivity index (χ0n) is 20.8. The molecule has 0 spiro atoms. The maximum absolute atomic E-state index is 11.9. The Morgan fingerprint density at radius 1 is 0.600 bits per heavy atom. The van der Waals surface area contributed by atoms with E-state index in [0.717, 1.165) is 43.2 Å². The zero-order valence-corrected chi connectivity index (χ0v) is 20.8. The summed E-state index contributed by atoms with van der Waals surface area (Å²) in [5.41, 5.74) is 3.52. The van der Waals surface area contributed by atoms with Crippen LogP contribution in [0.1, 0.15) is 50.7 Å². The van der Waals surface area contributed by atoms with Crippen LogP contribution in [0.2, 0.25) is 0 Å². The number of nitrogens with one attached hydrogen (secondary N) is 2. The summed E-state index contributed by atoms with van der Waals surface area (Å²) in [4.78, 5) is 23.7. The number of ether oxygens (including phenoxy) is 4. The van der Waals surface area contributed by atoms with Crippen LogP contribution in [0.3, 0.4) is 0 Å². The third-order valence-electron chi connectivity index (χ3n) is 5.02. The summed E-state index contributed by atoms with van der Waals surface area (Å²) < 4.78 is 21.0. The molecule has 0 bridgehead atoms. The minimum Gasteiger partial charge on any atom is -0.447 e. The molecule has 0 radical (unpaired) electrons. The minimum atomic E-state index is -0.498. The van der Waals surface area contributed by atoms with Crippen molar-refractivity contribution in [3.63, 3.8) is 0 Å². The van der Waals surface area contributed by atoms with Gasteiger partial charge in [0.15, 0.2) is 0 Å². The number of hydrogen-bond acceptors (Lipinski definition) is 6. The highest BCUT2D eigenvalue weighted by atomic mass is 16.6. The van der Waals surface area contributed by atoms with Gasteiger partial charge in [-0.25, -0.2) is 9.59 Å². The number of hydrogen-bond donors (Lipinski definition) is 2. The molecule has 0 aliphatic rings. The zero-order chi connectivity index (χ0) is 25.1. The predicted octanol–water partition coefficient (Wildman–Crippen LogP) is 6.01. The Hall–Kier alpha value is -3.10. The van der Waals surface area contributed by atoms with Crippen LogP contribution in [0.15, 0.2) is 48.5 Å². The Balaban J connectivity index is 1.67. The molecule has 2 N–H and O–H groups in total. The molecule has 0 fully saturated rings. The van der Waals surface area contributed by atoms with Gasteiger partial charge >= 0.3 is 12.2 Å². The predicted molar refractivity (Wildman–Crippen MR) is 137 cm³/mol. The number of rotatable bonds is 16. The van der Waals surface area contributed by atoms with Crippen LogP contribution in [-0.2, 0) is 25.4 Å². The van der Waals surface area contributed by atoms with Gasteiger partial charge in [0.25, 0.3) is 0 Å². The number of anilines is 2. The summed E-state index contributed by atoms with van der Waals surface area (Å²) in [6.45, 7) is 6.81. The maximum Gasteiger partial charge on any atom is 0.411 e. The van der Waals surface area contributed by atoms with E-state index in [9.17, 15) is 9.59 Å². The molecule has 8 heteroatoms. The number of carbonyl (C=O) groups excluding carboxylic acids is 2. The van der Waals surface area contributed by atoms with Crippen LogP contribution in [0.25, 0.3) is 0 Å². The molecular formula is C27H38N2O6. The van der Waals surface area contributed by atoms with Crippen molar-refractivity contribution < 1.29 is 28.5 Å². The molecule has 2 amide bonds. The number of benzene rings is 2. The quantitative estimate of drug-likeness (QED) is 0.282. The molecule has 0 aromatic heterocycles. The summed E-state index contributed by atoms with van der Waals surface area (Å²) >= 11 is 0.